The number of anilines is 1. The quantitative estimate of drug-likeness (QED) is 0.341. The van der Waals surface area contributed by atoms with Crippen LogP contribution in [0.15, 0.2) is 23.4 Å². The highest BCUT2D eigenvalue weighted by atomic mass is 35.5. The van der Waals surface area contributed by atoms with Gasteiger partial charge in [0.15, 0.2) is 5.84 Å². The third-order valence-corrected chi connectivity index (χ3v) is 3.26. The van der Waals surface area contributed by atoms with Crippen molar-refractivity contribution in [2.45, 2.75) is 20.8 Å². The first-order valence-corrected chi connectivity index (χ1v) is 5.73. The average molecular weight is 270 g/mol. The lowest BCUT2D eigenvalue weighted by Gasteiger charge is -2.22. The molecule has 1 rings (SSSR count). The van der Waals surface area contributed by atoms with Crippen molar-refractivity contribution in [3.05, 3.63) is 28.8 Å². The van der Waals surface area contributed by atoms with Gasteiger partial charge in [0.25, 0.3) is 0 Å². The third kappa shape index (κ3) is 2.73. The highest BCUT2D eigenvalue weighted by molar-refractivity contribution is 6.34. The minimum atomic E-state index is -1.12. The van der Waals surface area contributed by atoms with E-state index in [-0.39, 0.29) is 5.84 Å². The Hall–Kier alpha value is -1.75. The van der Waals surface area contributed by atoms with Gasteiger partial charge in [0.1, 0.15) is 5.41 Å². The molecular formula is C12H16ClN3O2. The fourth-order valence-electron chi connectivity index (χ4n) is 1.26. The SMILES string of the molecule is Cc1cccc(NC(=O)C(C)(C)/C(N)=N/O)c1Cl. The molecule has 6 heteroatoms. The normalized spacial score (nSPS) is 12.3. The fraction of sp³-hybridized carbons (Fsp3) is 0.333. The molecule has 0 aliphatic carbocycles. The van der Waals surface area contributed by atoms with Gasteiger partial charge >= 0.3 is 0 Å². The summed E-state index contributed by atoms with van der Waals surface area (Å²) in [6.45, 7) is 4.95. The van der Waals surface area contributed by atoms with Crippen LogP contribution in [0.5, 0.6) is 0 Å². The van der Waals surface area contributed by atoms with Gasteiger partial charge in [0.05, 0.1) is 10.7 Å². The summed E-state index contributed by atoms with van der Waals surface area (Å²) >= 11 is 6.08. The minimum Gasteiger partial charge on any atom is -0.409 e. The van der Waals surface area contributed by atoms with Crippen LogP contribution in [-0.4, -0.2) is 17.0 Å². The number of carbonyl (C=O) groups excluding carboxylic acids is 1. The van der Waals surface area contributed by atoms with E-state index in [0.717, 1.165) is 5.56 Å². The minimum absolute atomic E-state index is 0.163. The van der Waals surface area contributed by atoms with Crippen LogP contribution < -0.4 is 11.1 Å². The van der Waals surface area contributed by atoms with E-state index in [1.807, 2.05) is 13.0 Å². The lowest BCUT2D eigenvalue weighted by atomic mass is 9.91. The van der Waals surface area contributed by atoms with Gasteiger partial charge in [-0.25, -0.2) is 0 Å². The van der Waals surface area contributed by atoms with E-state index >= 15 is 0 Å². The number of aryl methyl sites for hydroxylation is 1. The van der Waals surface area contributed by atoms with Crippen molar-refractivity contribution >= 4 is 29.0 Å². The first kappa shape index (κ1) is 14.3. The molecule has 0 aromatic heterocycles. The van der Waals surface area contributed by atoms with Crippen molar-refractivity contribution in [2.24, 2.45) is 16.3 Å². The maximum atomic E-state index is 12.1. The Balaban J connectivity index is 2.99. The summed E-state index contributed by atoms with van der Waals surface area (Å²) in [5.74, 6) is -0.561. The Morgan fingerprint density at radius 1 is 1.50 bits per heavy atom. The Labute approximate surface area is 111 Å². The molecule has 0 spiro atoms. The van der Waals surface area contributed by atoms with Gasteiger partial charge < -0.3 is 16.3 Å². The van der Waals surface area contributed by atoms with Crippen molar-refractivity contribution in [2.75, 3.05) is 5.32 Å². The zero-order chi connectivity index (χ0) is 13.9. The standard InChI is InChI=1S/C12H16ClN3O2/c1-7-5-4-6-8(9(7)13)15-11(17)12(2,3)10(14)16-18/h4-6,18H,1-3H3,(H2,14,16)(H,15,17). The molecule has 0 aliphatic heterocycles. The number of benzene rings is 1. The van der Waals surface area contributed by atoms with Crippen LogP contribution in [0.4, 0.5) is 5.69 Å². The molecule has 5 nitrogen and oxygen atoms in total. The van der Waals surface area contributed by atoms with Crippen molar-refractivity contribution in [3.63, 3.8) is 0 Å². The first-order chi connectivity index (χ1) is 8.30. The van der Waals surface area contributed by atoms with Gasteiger partial charge in [-0.05, 0) is 32.4 Å². The maximum absolute atomic E-state index is 12.1. The van der Waals surface area contributed by atoms with Crippen LogP contribution >= 0.6 is 11.6 Å². The molecule has 1 aromatic carbocycles. The molecule has 0 saturated carbocycles. The molecule has 0 atom stereocenters. The van der Waals surface area contributed by atoms with Crippen molar-refractivity contribution in [1.29, 1.82) is 0 Å². The summed E-state index contributed by atoms with van der Waals surface area (Å²) in [4.78, 5) is 12.1. The van der Waals surface area contributed by atoms with Gasteiger partial charge in [0, 0.05) is 0 Å². The number of hydrogen-bond donors (Lipinski definition) is 3. The molecule has 0 unspecified atom stereocenters. The lowest BCUT2D eigenvalue weighted by Crippen LogP contribution is -2.42. The topological polar surface area (TPSA) is 87.7 Å². The molecule has 0 bridgehead atoms. The Bertz CT molecular complexity index is 498. The van der Waals surface area contributed by atoms with Gasteiger partial charge in [-0.1, -0.05) is 28.9 Å². The van der Waals surface area contributed by atoms with Crippen LogP contribution in [0.2, 0.25) is 5.02 Å². The summed E-state index contributed by atoms with van der Waals surface area (Å²) in [5.41, 5.74) is 5.71. The highest BCUT2D eigenvalue weighted by Crippen LogP contribution is 2.27. The monoisotopic (exact) mass is 269 g/mol. The molecule has 1 amide bonds. The number of rotatable bonds is 3. The van der Waals surface area contributed by atoms with Gasteiger partial charge in [0.2, 0.25) is 5.91 Å². The number of nitrogens with one attached hydrogen (secondary N) is 1. The van der Waals surface area contributed by atoms with Crippen LogP contribution in [0.3, 0.4) is 0 Å². The van der Waals surface area contributed by atoms with Crippen molar-refractivity contribution in [1.82, 2.24) is 0 Å². The Kier molecular flexibility index (Phi) is 4.19. The zero-order valence-corrected chi connectivity index (χ0v) is 11.2. The Morgan fingerprint density at radius 3 is 2.67 bits per heavy atom. The van der Waals surface area contributed by atoms with Gasteiger partial charge in [-0.3, -0.25) is 4.79 Å². The van der Waals surface area contributed by atoms with Crippen molar-refractivity contribution in [3.8, 4) is 0 Å². The molecule has 0 aliphatic rings. The predicted octanol–water partition coefficient (Wildman–Crippen LogP) is 2.36. The van der Waals surface area contributed by atoms with E-state index in [0.29, 0.717) is 10.7 Å². The molecule has 0 saturated heterocycles. The summed E-state index contributed by atoms with van der Waals surface area (Å²) in [6, 6.07) is 5.32. The van der Waals surface area contributed by atoms with Crippen LogP contribution in [-0.2, 0) is 4.79 Å². The molecular weight excluding hydrogens is 254 g/mol. The van der Waals surface area contributed by atoms with E-state index < -0.39 is 11.3 Å². The number of amides is 1. The summed E-state index contributed by atoms with van der Waals surface area (Å²) < 4.78 is 0. The second kappa shape index (κ2) is 5.27. The lowest BCUT2D eigenvalue weighted by molar-refractivity contribution is -0.121. The van der Waals surface area contributed by atoms with Gasteiger partial charge in [-0.15, -0.1) is 0 Å². The van der Waals surface area contributed by atoms with E-state index in [1.165, 1.54) is 0 Å². The maximum Gasteiger partial charge on any atom is 0.237 e. The highest BCUT2D eigenvalue weighted by Gasteiger charge is 2.33. The van der Waals surface area contributed by atoms with E-state index in [2.05, 4.69) is 10.5 Å². The van der Waals surface area contributed by atoms with Gasteiger partial charge in [-0.2, -0.15) is 0 Å². The molecule has 4 N–H and O–H groups in total. The predicted molar refractivity (Wildman–Crippen MR) is 72.0 cm³/mol. The first-order valence-electron chi connectivity index (χ1n) is 5.35. The van der Waals surface area contributed by atoms with Crippen LogP contribution in [0.1, 0.15) is 19.4 Å². The van der Waals surface area contributed by atoms with E-state index in [9.17, 15) is 4.79 Å². The molecule has 98 valence electrons. The smallest absolute Gasteiger partial charge is 0.237 e. The second-order valence-electron chi connectivity index (χ2n) is 4.50. The summed E-state index contributed by atoms with van der Waals surface area (Å²) in [7, 11) is 0. The number of nitrogens with zero attached hydrogens (tertiary/aromatic N) is 1. The number of carbonyl (C=O) groups is 1. The molecule has 1 aromatic rings. The molecule has 18 heavy (non-hydrogen) atoms. The van der Waals surface area contributed by atoms with Crippen LogP contribution in [0, 0.1) is 12.3 Å². The van der Waals surface area contributed by atoms with Crippen LogP contribution in [0.25, 0.3) is 0 Å². The average Bonchev–Trinajstić information content (AvgIpc) is 2.33. The summed E-state index contributed by atoms with van der Waals surface area (Å²) in [5, 5.41) is 14.6. The largest absolute Gasteiger partial charge is 0.409 e. The third-order valence-electron chi connectivity index (χ3n) is 2.76. The van der Waals surface area contributed by atoms with E-state index in [4.69, 9.17) is 22.5 Å². The number of oxime groups is 1. The van der Waals surface area contributed by atoms with Crippen molar-refractivity contribution < 1.29 is 10.0 Å². The number of hydrogen-bond acceptors (Lipinski definition) is 3. The fourth-order valence-corrected chi connectivity index (χ4v) is 1.44. The number of nitrogens with two attached hydrogens (primary N) is 1. The summed E-state index contributed by atoms with van der Waals surface area (Å²) in [6.07, 6.45) is 0. The molecule has 0 radical (unpaired) electrons. The number of halogens is 1. The molecule has 0 heterocycles. The second-order valence-corrected chi connectivity index (χ2v) is 4.88. The van der Waals surface area contributed by atoms with E-state index in [1.54, 1.807) is 26.0 Å². The Morgan fingerprint density at radius 2 is 2.11 bits per heavy atom. The number of amidine groups is 1. The zero-order valence-electron chi connectivity index (χ0n) is 10.5. The molecule has 0 fully saturated rings.